The van der Waals surface area contributed by atoms with Crippen molar-refractivity contribution in [1.82, 2.24) is 15.3 Å². The van der Waals surface area contributed by atoms with Crippen LogP contribution < -0.4 is 10.6 Å². The average Bonchev–Trinajstić information content (AvgIpc) is 3.26. The van der Waals surface area contributed by atoms with Crippen LogP contribution in [0.1, 0.15) is 25.7 Å². The third-order valence-corrected chi connectivity index (χ3v) is 6.72. The number of fused-ring (bicyclic) bond motifs is 1. The van der Waals surface area contributed by atoms with Crippen LogP contribution in [-0.4, -0.2) is 28.5 Å². The maximum absolute atomic E-state index is 12.6. The minimum Gasteiger partial charge on any atom is -0.323 e. The van der Waals surface area contributed by atoms with E-state index in [4.69, 9.17) is 0 Å². The number of nitrogens with zero attached hydrogens (tertiary/aromatic N) is 2. The summed E-state index contributed by atoms with van der Waals surface area (Å²) in [7, 11) is 0. The van der Waals surface area contributed by atoms with Crippen LogP contribution in [0.15, 0.2) is 42.7 Å². The molecule has 6 heteroatoms. The van der Waals surface area contributed by atoms with E-state index in [1.807, 2.05) is 24.3 Å². The van der Waals surface area contributed by atoms with E-state index in [2.05, 4.69) is 26.7 Å². The van der Waals surface area contributed by atoms with E-state index in [1.54, 1.807) is 23.7 Å². The predicted octanol–water partition coefficient (Wildman–Crippen LogP) is 3.83. The monoisotopic (exact) mass is 364 g/mol. The van der Waals surface area contributed by atoms with Crippen LogP contribution in [0.5, 0.6) is 0 Å². The van der Waals surface area contributed by atoms with Crippen molar-refractivity contribution in [2.75, 3.05) is 11.9 Å². The van der Waals surface area contributed by atoms with E-state index >= 15 is 0 Å². The van der Waals surface area contributed by atoms with Gasteiger partial charge in [-0.05, 0) is 42.9 Å². The van der Waals surface area contributed by atoms with Crippen LogP contribution in [0.2, 0.25) is 0 Å². The van der Waals surface area contributed by atoms with Gasteiger partial charge in [0, 0.05) is 18.3 Å². The molecule has 1 aliphatic carbocycles. The van der Waals surface area contributed by atoms with Gasteiger partial charge in [0.2, 0.25) is 5.91 Å². The Hall–Kier alpha value is -2.31. The molecule has 1 spiro atoms. The van der Waals surface area contributed by atoms with Gasteiger partial charge in [-0.1, -0.05) is 18.6 Å². The minimum absolute atomic E-state index is 0.0389. The Morgan fingerprint density at radius 2 is 2.15 bits per heavy atom. The number of rotatable bonds is 3. The molecule has 26 heavy (non-hydrogen) atoms. The number of carbonyl (C=O) groups is 1. The van der Waals surface area contributed by atoms with Crippen LogP contribution in [0.3, 0.4) is 0 Å². The Balaban J connectivity index is 1.34. The van der Waals surface area contributed by atoms with Crippen LogP contribution in [0.4, 0.5) is 5.69 Å². The maximum atomic E-state index is 12.6. The van der Waals surface area contributed by atoms with E-state index in [1.165, 1.54) is 19.3 Å². The summed E-state index contributed by atoms with van der Waals surface area (Å²) in [6.07, 6.45) is 8.23. The van der Waals surface area contributed by atoms with Gasteiger partial charge >= 0.3 is 0 Å². The summed E-state index contributed by atoms with van der Waals surface area (Å²) < 4.78 is 1.15. The Kier molecular flexibility index (Phi) is 3.76. The zero-order valence-electron chi connectivity index (χ0n) is 14.4. The predicted molar refractivity (Wildman–Crippen MR) is 104 cm³/mol. The summed E-state index contributed by atoms with van der Waals surface area (Å²) in [5, 5.41) is 7.34. The van der Waals surface area contributed by atoms with Crippen molar-refractivity contribution in [3.63, 3.8) is 0 Å². The molecule has 5 rings (SSSR count). The molecule has 132 valence electrons. The number of aromatic nitrogens is 2. The van der Waals surface area contributed by atoms with Gasteiger partial charge in [-0.2, -0.15) is 0 Å². The molecule has 1 atom stereocenters. The highest BCUT2D eigenvalue weighted by Crippen LogP contribution is 2.47. The molecule has 5 nitrogen and oxygen atoms in total. The Morgan fingerprint density at radius 1 is 1.27 bits per heavy atom. The fourth-order valence-electron chi connectivity index (χ4n) is 4.01. The van der Waals surface area contributed by atoms with Crippen molar-refractivity contribution in [1.29, 1.82) is 0 Å². The van der Waals surface area contributed by atoms with Crippen molar-refractivity contribution in [2.45, 2.75) is 31.7 Å². The third-order valence-electron chi connectivity index (χ3n) is 5.64. The molecule has 1 unspecified atom stereocenters. The Morgan fingerprint density at radius 3 is 2.92 bits per heavy atom. The first-order valence-corrected chi connectivity index (χ1v) is 9.88. The standard InChI is InChI=1S/C20H20N4OS/c25-18(16-9-20(12-22-16)6-3-7-20)23-14-8-13(10-21-11-14)19-24-15-4-1-2-5-17(15)26-19/h1-2,4-5,8,10-11,16,22H,3,6-7,9,12H2,(H,23,25). The van der Waals surface area contributed by atoms with Gasteiger partial charge in [-0.25, -0.2) is 4.98 Å². The van der Waals surface area contributed by atoms with E-state index in [0.29, 0.717) is 5.41 Å². The summed E-state index contributed by atoms with van der Waals surface area (Å²) in [5.41, 5.74) is 3.02. The highest BCUT2D eigenvalue weighted by Gasteiger charge is 2.45. The van der Waals surface area contributed by atoms with Crippen molar-refractivity contribution in [3.05, 3.63) is 42.7 Å². The van der Waals surface area contributed by atoms with Gasteiger partial charge in [0.25, 0.3) is 0 Å². The Labute approximate surface area is 155 Å². The van der Waals surface area contributed by atoms with Crippen molar-refractivity contribution < 1.29 is 4.79 Å². The van der Waals surface area contributed by atoms with Crippen LogP contribution in [0.25, 0.3) is 20.8 Å². The van der Waals surface area contributed by atoms with Crippen molar-refractivity contribution >= 4 is 33.1 Å². The molecular weight excluding hydrogens is 344 g/mol. The van der Waals surface area contributed by atoms with Gasteiger partial charge in [0.15, 0.2) is 0 Å². The molecule has 1 saturated carbocycles. The van der Waals surface area contributed by atoms with Crippen molar-refractivity contribution in [3.8, 4) is 10.6 Å². The number of hydrogen-bond acceptors (Lipinski definition) is 5. The molecule has 1 aliphatic heterocycles. The summed E-state index contributed by atoms with van der Waals surface area (Å²) in [6.45, 7) is 0.967. The average molecular weight is 364 g/mol. The molecule has 2 aliphatic rings. The normalized spacial score (nSPS) is 21.0. The number of amides is 1. The minimum atomic E-state index is -0.0959. The molecule has 2 aromatic heterocycles. The fourth-order valence-corrected chi connectivity index (χ4v) is 4.96. The van der Waals surface area contributed by atoms with Gasteiger partial charge in [0.1, 0.15) is 5.01 Å². The number of thiazole rings is 1. The number of carbonyl (C=O) groups excluding carboxylic acids is 1. The van der Waals surface area contributed by atoms with Gasteiger partial charge in [-0.3, -0.25) is 9.78 Å². The number of hydrogen-bond donors (Lipinski definition) is 2. The second kappa shape index (κ2) is 6.14. The molecule has 2 fully saturated rings. The number of para-hydroxylation sites is 1. The zero-order valence-corrected chi connectivity index (χ0v) is 15.2. The van der Waals surface area contributed by atoms with E-state index in [0.717, 1.165) is 39.4 Å². The second-order valence-electron chi connectivity index (χ2n) is 7.43. The van der Waals surface area contributed by atoms with Gasteiger partial charge < -0.3 is 10.6 Å². The lowest BCUT2D eigenvalue weighted by Gasteiger charge is -2.37. The van der Waals surface area contributed by atoms with Crippen LogP contribution >= 0.6 is 11.3 Å². The Bertz CT molecular complexity index is 946. The quantitative estimate of drug-likeness (QED) is 0.741. The van der Waals surface area contributed by atoms with E-state index in [-0.39, 0.29) is 11.9 Å². The molecule has 1 saturated heterocycles. The number of benzene rings is 1. The lowest BCUT2D eigenvalue weighted by atomic mass is 9.67. The molecule has 2 N–H and O–H groups in total. The van der Waals surface area contributed by atoms with Gasteiger partial charge in [0.05, 0.1) is 28.1 Å². The lowest BCUT2D eigenvalue weighted by Crippen LogP contribution is -2.35. The smallest absolute Gasteiger partial charge is 0.241 e. The molecular formula is C20H20N4OS. The molecule has 0 radical (unpaired) electrons. The van der Waals surface area contributed by atoms with Crippen LogP contribution in [-0.2, 0) is 4.79 Å². The summed E-state index contributed by atoms with van der Waals surface area (Å²) in [5.74, 6) is 0.0389. The largest absolute Gasteiger partial charge is 0.323 e. The highest BCUT2D eigenvalue weighted by molar-refractivity contribution is 7.21. The van der Waals surface area contributed by atoms with E-state index < -0.39 is 0 Å². The number of anilines is 1. The first-order valence-electron chi connectivity index (χ1n) is 9.06. The summed E-state index contributed by atoms with van der Waals surface area (Å²) in [4.78, 5) is 21.6. The summed E-state index contributed by atoms with van der Waals surface area (Å²) >= 11 is 1.64. The lowest BCUT2D eigenvalue weighted by molar-refractivity contribution is -0.118. The van der Waals surface area contributed by atoms with Gasteiger partial charge in [-0.15, -0.1) is 11.3 Å². The number of pyridine rings is 1. The highest BCUT2D eigenvalue weighted by atomic mass is 32.1. The first-order chi connectivity index (χ1) is 12.7. The molecule has 1 amide bonds. The van der Waals surface area contributed by atoms with Crippen molar-refractivity contribution in [2.24, 2.45) is 5.41 Å². The number of nitrogens with one attached hydrogen (secondary N) is 2. The first kappa shape index (κ1) is 15.9. The fraction of sp³-hybridized carbons (Fsp3) is 0.350. The molecule has 1 aromatic carbocycles. The summed E-state index contributed by atoms with van der Waals surface area (Å²) in [6, 6.07) is 9.94. The SMILES string of the molecule is O=C(Nc1cncc(-c2nc3ccccc3s2)c1)C1CC2(CCC2)CN1. The molecule has 0 bridgehead atoms. The molecule has 3 heterocycles. The topological polar surface area (TPSA) is 66.9 Å². The third kappa shape index (κ3) is 2.79. The second-order valence-corrected chi connectivity index (χ2v) is 8.46. The zero-order chi connectivity index (χ0) is 17.6. The molecule has 3 aromatic rings. The van der Waals surface area contributed by atoms with E-state index in [9.17, 15) is 4.79 Å². The van der Waals surface area contributed by atoms with Crippen LogP contribution in [0, 0.1) is 5.41 Å². The maximum Gasteiger partial charge on any atom is 0.241 e.